The molecular weight excluding hydrogens is 306 g/mol. The van der Waals surface area contributed by atoms with Crippen LogP contribution in [0, 0.1) is 13.8 Å². The van der Waals surface area contributed by atoms with Crippen LogP contribution in [0.1, 0.15) is 22.4 Å². The highest BCUT2D eigenvalue weighted by Gasteiger charge is 2.13. The van der Waals surface area contributed by atoms with Crippen molar-refractivity contribution in [1.82, 2.24) is 4.98 Å². The molecule has 0 aliphatic heterocycles. The second-order valence-corrected chi connectivity index (χ2v) is 6.06. The van der Waals surface area contributed by atoms with Gasteiger partial charge in [-0.25, -0.2) is 4.98 Å². The van der Waals surface area contributed by atoms with Crippen molar-refractivity contribution in [3.63, 3.8) is 0 Å². The number of aryl methyl sites for hydroxylation is 2. The van der Waals surface area contributed by atoms with Gasteiger partial charge in [-0.1, -0.05) is 28.9 Å². The highest BCUT2D eigenvalue weighted by molar-refractivity contribution is 7.98. The Hall–Kier alpha value is -1.72. The molecule has 0 fully saturated rings. The van der Waals surface area contributed by atoms with Crippen molar-refractivity contribution in [2.45, 2.75) is 24.6 Å². The SMILES string of the molecule is Cc1cc(C)c(/C(N)=N/O)c(SCc2ccc(Cl)cc2)n1. The number of nitrogens with zero attached hydrogens (tertiary/aromatic N) is 2. The Morgan fingerprint density at radius 2 is 2.00 bits per heavy atom. The molecule has 1 heterocycles. The summed E-state index contributed by atoms with van der Waals surface area (Å²) in [4.78, 5) is 4.50. The topological polar surface area (TPSA) is 71.5 Å². The molecule has 4 nitrogen and oxygen atoms in total. The molecule has 0 saturated carbocycles. The van der Waals surface area contributed by atoms with Crippen LogP contribution in [0.3, 0.4) is 0 Å². The van der Waals surface area contributed by atoms with E-state index < -0.39 is 0 Å². The molecule has 2 aromatic rings. The summed E-state index contributed by atoms with van der Waals surface area (Å²) >= 11 is 7.43. The number of nitrogens with two attached hydrogens (primary N) is 1. The van der Waals surface area contributed by atoms with Crippen molar-refractivity contribution in [2.24, 2.45) is 10.9 Å². The van der Waals surface area contributed by atoms with Crippen LogP contribution in [0.25, 0.3) is 0 Å². The minimum Gasteiger partial charge on any atom is -0.409 e. The van der Waals surface area contributed by atoms with Gasteiger partial charge in [-0.2, -0.15) is 0 Å². The third-order valence-corrected chi connectivity index (χ3v) is 4.26. The molecule has 0 atom stereocenters. The number of oxime groups is 1. The molecule has 3 N–H and O–H groups in total. The number of aromatic nitrogens is 1. The van der Waals surface area contributed by atoms with Crippen molar-refractivity contribution in [3.8, 4) is 0 Å². The maximum absolute atomic E-state index is 8.93. The van der Waals surface area contributed by atoms with E-state index in [1.165, 1.54) is 0 Å². The van der Waals surface area contributed by atoms with Crippen LogP contribution in [-0.2, 0) is 5.75 Å². The van der Waals surface area contributed by atoms with E-state index in [9.17, 15) is 0 Å². The van der Waals surface area contributed by atoms with E-state index in [1.807, 2.05) is 44.2 Å². The van der Waals surface area contributed by atoms with Gasteiger partial charge in [0.1, 0.15) is 5.03 Å². The van der Waals surface area contributed by atoms with Gasteiger partial charge < -0.3 is 10.9 Å². The molecule has 0 aliphatic rings. The average molecular weight is 322 g/mol. The van der Waals surface area contributed by atoms with Crippen LogP contribution >= 0.6 is 23.4 Å². The van der Waals surface area contributed by atoms with Crippen molar-refractivity contribution in [3.05, 3.63) is 57.7 Å². The van der Waals surface area contributed by atoms with Gasteiger partial charge in [-0.05, 0) is 43.2 Å². The smallest absolute Gasteiger partial charge is 0.173 e. The summed E-state index contributed by atoms with van der Waals surface area (Å²) < 4.78 is 0. The van der Waals surface area contributed by atoms with E-state index in [4.69, 9.17) is 22.5 Å². The fourth-order valence-corrected chi connectivity index (χ4v) is 3.24. The summed E-state index contributed by atoms with van der Waals surface area (Å²) in [6.07, 6.45) is 0. The summed E-state index contributed by atoms with van der Waals surface area (Å²) in [7, 11) is 0. The largest absolute Gasteiger partial charge is 0.409 e. The highest BCUT2D eigenvalue weighted by atomic mass is 35.5. The zero-order valence-electron chi connectivity index (χ0n) is 11.8. The Labute approximate surface area is 133 Å². The first-order valence-corrected chi connectivity index (χ1v) is 7.71. The Kier molecular flexibility index (Phi) is 5.09. The van der Waals surface area contributed by atoms with Gasteiger partial charge in [-0.3, -0.25) is 0 Å². The van der Waals surface area contributed by atoms with E-state index in [2.05, 4.69) is 10.1 Å². The third kappa shape index (κ3) is 3.89. The van der Waals surface area contributed by atoms with E-state index in [-0.39, 0.29) is 5.84 Å². The summed E-state index contributed by atoms with van der Waals surface area (Å²) in [5.74, 6) is 0.817. The minimum atomic E-state index is 0.0820. The normalized spacial score (nSPS) is 11.7. The quantitative estimate of drug-likeness (QED) is 0.296. The Balaban J connectivity index is 2.28. The van der Waals surface area contributed by atoms with Gasteiger partial charge in [0.05, 0.1) is 5.56 Å². The lowest BCUT2D eigenvalue weighted by atomic mass is 10.1. The van der Waals surface area contributed by atoms with Gasteiger partial charge in [-0.15, -0.1) is 11.8 Å². The molecule has 0 bridgehead atoms. The molecular formula is C15H16ClN3OS. The van der Waals surface area contributed by atoms with Crippen molar-refractivity contribution >= 4 is 29.2 Å². The maximum Gasteiger partial charge on any atom is 0.173 e. The van der Waals surface area contributed by atoms with E-state index >= 15 is 0 Å². The first-order chi connectivity index (χ1) is 10.0. The highest BCUT2D eigenvalue weighted by Crippen LogP contribution is 2.27. The standard InChI is InChI=1S/C15H16ClN3OS/c1-9-7-10(2)18-15(13(9)14(17)19-20)21-8-11-3-5-12(16)6-4-11/h3-7,20H,8H2,1-2H3,(H2,17,19). The lowest BCUT2D eigenvalue weighted by molar-refractivity contribution is 0.318. The molecule has 0 spiro atoms. The summed E-state index contributed by atoms with van der Waals surface area (Å²) in [5.41, 5.74) is 9.43. The molecule has 1 aromatic heterocycles. The van der Waals surface area contributed by atoms with Crippen LogP contribution in [0.15, 0.2) is 40.5 Å². The van der Waals surface area contributed by atoms with Crippen LogP contribution in [0.2, 0.25) is 5.02 Å². The third-order valence-electron chi connectivity index (χ3n) is 2.96. The zero-order chi connectivity index (χ0) is 15.4. The molecule has 21 heavy (non-hydrogen) atoms. The van der Waals surface area contributed by atoms with Gasteiger partial charge in [0, 0.05) is 16.5 Å². The monoisotopic (exact) mass is 321 g/mol. The van der Waals surface area contributed by atoms with E-state index in [1.54, 1.807) is 11.8 Å². The number of pyridine rings is 1. The van der Waals surface area contributed by atoms with E-state index in [0.717, 1.165) is 27.6 Å². The molecule has 110 valence electrons. The Morgan fingerprint density at radius 3 is 2.62 bits per heavy atom. The van der Waals surface area contributed by atoms with Gasteiger partial charge >= 0.3 is 0 Å². The van der Waals surface area contributed by atoms with Gasteiger partial charge in [0.15, 0.2) is 5.84 Å². The van der Waals surface area contributed by atoms with E-state index in [0.29, 0.717) is 10.6 Å². The first-order valence-electron chi connectivity index (χ1n) is 6.34. The van der Waals surface area contributed by atoms with Crippen LogP contribution in [0.5, 0.6) is 0 Å². The molecule has 0 radical (unpaired) electrons. The Bertz CT molecular complexity index is 671. The lowest BCUT2D eigenvalue weighted by Gasteiger charge is -2.11. The second kappa shape index (κ2) is 6.83. The molecule has 0 saturated heterocycles. The number of thioether (sulfide) groups is 1. The molecule has 0 amide bonds. The number of hydrogen-bond donors (Lipinski definition) is 2. The fourth-order valence-electron chi connectivity index (χ4n) is 2.00. The molecule has 1 aromatic carbocycles. The molecule has 0 unspecified atom stereocenters. The van der Waals surface area contributed by atoms with Gasteiger partial charge in [0.2, 0.25) is 0 Å². The molecule has 2 rings (SSSR count). The van der Waals surface area contributed by atoms with Crippen LogP contribution in [-0.4, -0.2) is 16.0 Å². The van der Waals surface area contributed by atoms with Crippen molar-refractivity contribution < 1.29 is 5.21 Å². The van der Waals surface area contributed by atoms with Crippen molar-refractivity contribution in [2.75, 3.05) is 0 Å². The first kappa shape index (κ1) is 15.7. The number of hydrogen-bond acceptors (Lipinski definition) is 4. The lowest BCUT2D eigenvalue weighted by Crippen LogP contribution is -2.17. The fraction of sp³-hybridized carbons (Fsp3) is 0.200. The minimum absolute atomic E-state index is 0.0820. The predicted octanol–water partition coefficient (Wildman–Crippen LogP) is 3.74. The maximum atomic E-state index is 8.93. The average Bonchev–Trinajstić information content (AvgIpc) is 2.45. The predicted molar refractivity (Wildman–Crippen MR) is 87.2 cm³/mol. The van der Waals surface area contributed by atoms with Crippen LogP contribution < -0.4 is 5.73 Å². The number of rotatable bonds is 4. The zero-order valence-corrected chi connectivity index (χ0v) is 13.4. The Morgan fingerprint density at radius 1 is 1.33 bits per heavy atom. The number of amidine groups is 1. The van der Waals surface area contributed by atoms with Crippen LogP contribution in [0.4, 0.5) is 0 Å². The molecule has 0 aliphatic carbocycles. The summed E-state index contributed by atoms with van der Waals surface area (Å²) in [6, 6.07) is 9.58. The van der Waals surface area contributed by atoms with Crippen molar-refractivity contribution in [1.29, 1.82) is 0 Å². The summed E-state index contributed by atoms with van der Waals surface area (Å²) in [5, 5.41) is 13.5. The summed E-state index contributed by atoms with van der Waals surface area (Å²) in [6.45, 7) is 3.85. The number of benzene rings is 1. The molecule has 6 heteroatoms. The number of halogens is 1. The van der Waals surface area contributed by atoms with Gasteiger partial charge in [0.25, 0.3) is 0 Å². The second-order valence-electron chi connectivity index (χ2n) is 4.66.